The molecular weight excluding hydrogens is 374 g/mol. The first-order valence-electron chi connectivity index (χ1n) is 7.97. The van der Waals surface area contributed by atoms with Crippen molar-refractivity contribution in [2.24, 2.45) is 0 Å². The summed E-state index contributed by atoms with van der Waals surface area (Å²) in [7, 11) is 0.123. The number of aliphatic carboxylic acids is 2. The predicted octanol–water partition coefficient (Wildman–Crippen LogP) is 0.691. The Morgan fingerprint density at radius 3 is 2.30 bits per heavy atom. The van der Waals surface area contributed by atoms with Gasteiger partial charge in [0.15, 0.2) is 0 Å². The number of fused-ring (bicyclic) bond motifs is 1. The molecule has 148 valence electrons. The van der Waals surface area contributed by atoms with E-state index in [0.717, 1.165) is 29.4 Å². The summed E-state index contributed by atoms with van der Waals surface area (Å²) in [6.45, 7) is 0.895. The van der Waals surface area contributed by atoms with Crippen molar-refractivity contribution < 1.29 is 28.2 Å². The highest BCUT2D eigenvalue weighted by Crippen LogP contribution is 2.21. The molecule has 0 aliphatic rings. The molecule has 1 heterocycles. The van der Waals surface area contributed by atoms with E-state index in [0.29, 0.717) is 12.2 Å². The Hall–Kier alpha value is -2.69. The zero-order valence-electron chi connectivity index (χ0n) is 15.0. The average Bonchev–Trinajstić information content (AvgIpc) is 3.00. The Morgan fingerprint density at radius 2 is 1.78 bits per heavy atom. The molecule has 0 amide bonds. The van der Waals surface area contributed by atoms with Gasteiger partial charge in [-0.25, -0.2) is 22.7 Å². The molecule has 0 fully saturated rings. The maximum absolute atomic E-state index is 11.6. The summed E-state index contributed by atoms with van der Waals surface area (Å²) in [6.07, 6.45) is 4.02. The van der Waals surface area contributed by atoms with E-state index in [1.807, 2.05) is 31.4 Å². The monoisotopic (exact) mass is 397 g/mol. The molecule has 1 aromatic heterocycles. The van der Waals surface area contributed by atoms with Crippen LogP contribution in [0.2, 0.25) is 0 Å². The quantitative estimate of drug-likeness (QED) is 0.411. The molecule has 1 aromatic carbocycles. The maximum atomic E-state index is 11.6. The molecule has 2 rings (SSSR count). The van der Waals surface area contributed by atoms with Gasteiger partial charge in [0, 0.05) is 29.3 Å². The second kappa shape index (κ2) is 10.5. The Balaban J connectivity index is 0.000000387. The van der Waals surface area contributed by atoms with Gasteiger partial charge in [0.25, 0.3) is 0 Å². The van der Waals surface area contributed by atoms with Gasteiger partial charge >= 0.3 is 11.9 Å². The Morgan fingerprint density at radius 1 is 1.15 bits per heavy atom. The molecule has 0 radical (unpaired) electrons. The summed E-state index contributed by atoms with van der Waals surface area (Å²) in [5, 5.41) is 19.8. The lowest BCUT2D eigenvalue weighted by Crippen LogP contribution is -2.20. The van der Waals surface area contributed by atoms with Crippen LogP contribution in [0.5, 0.6) is 0 Å². The average molecular weight is 397 g/mol. The second-order valence-corrected chi connectivity index (χ2v) is 7.45. The third kappa shape index (κ3) is 8.03. The van der Waals surface area contributed by atoms with E-state index in [1.54, 1.807) is 0 Å². The summed E-state index contributed by atoms with van der Waals surface area (Å²) < 4.78 is 25.5. The van der Waals surface area contributed by atoms with Crippen LogP contribution in [0.3, 0.4) is 0 Å². The number of H-pyrrole nitrogens is 1. The highest BCUT2D eigenvalue weighted by atomic mass is 32.2. The summed E-state index contributed by atoms with van der Waals surface area (Å²) >= 11 is 0. The van der Waals surface area contributed by atoms with Crippen LogP contribution >= 0.6 is 0 Å². The van der Waals surface area contributed by atoms with Crippen molar-refractivity contribution in [2.45, 2.75) is 12.2 Å². The Labute approximate surface area is 157 Å². The zero-order valence-corrected chi connectivity index (χ0v) is 15.8. The first kappa shape index (κ1) is 22.4. The van der Waals surface area contributed by atoms with Crippen molar-refractivity contribution in [1.29, 1.82) is 0 Å². The van der Waals surface area contributed by atoms with Gasteiger partial charge < -0.3 is 20.5 Å². The molecule has 0 aliphatic carbocycles. The number of carboxylic acid groups (broad SMARTS) is 2. The van der Waals surface area contributed by atoms with Crippen LogP contribution in [0.25, 0.3) is 10.9 Å². The lowest BCUT2D eigenvalue weighted by atomic mass is 10.1. The zero-order chi connectivity index (χ0) is 20.4. The van der Waals surface area contributed by atoms with E-state index in [2.05, 4.69) is 15.0 Å². The highest BCUT2D eigenvalue weighted by molar-refractivity contribution is 7.88. The molecule has 0 aliphatic heterocycles. The highest BCUT2D eigenvalue weighted by Gasteiger charge is 2.10. The number of hydrogen-bond acceptors (Lipinski definition) is 5. The molecule has 0 spiro atoms. The number of rotatable bonds is 8. The topological polar surface area (TPSA) is 149 Å². The van der Waals surface area contributed by atoms with Crippen LogP contribution in [0, 0.1) is 0 Å². The normalized spacial score (nSPS) is 11.3. The summed E-state index contributed by atoms with van der Waals surface area (Å²) in [5.74, 6) is -2.50. The molecular formula is C17H23N3O6S. The van der Waals surface area contributed by atoms with E-state index in [1.165, 1.54) is 12.6 Å². The van der Waals surface area contributed by atoms with Crippen molar-refractivity contribution >= 4 is 32.9 Å². The summed E-state index contributed by atoms with van der Waals surface area (Å²) in [4.78, 5) is 22.3. The van der Waals surface area contributed by atoms with Crippen molar-refractivity contribution in [2.75, 3.05) is 20.6 Å². The fourth-order valence-electron chi connectivity index (χ4n) is 2.22. The van der Waals surface area contributed by atoms with Crippen LogP contribution < -0.4 is 10.0 Å². The van der Waals surface area contributed by atoms with Crippen molar-refractivity contribution in [1.82, 2.24) is 15.0 Å². The largest absolute Gasteiger partial charge is 0.478 e. The van der Waals surface area contributed by atoms with Gasteiger partial charge in [-0.3, -0.25) is 0 Å². The number of benzene rings is 1. The number of carboxylic acids is 2. The van der Waals surface area contributed by atoms with Crippen LogP contribution in [-0.2, 0) is 31.8 Å². The van der Waals surface area contributed by atoms with Gasteiger partial charge in [0.1, 0.15) is 0 Å². The van der Waals surface area contributed by atoms with Crippen LogP contribution in [0.1, 0.15) is 11.1 Å². The molecule has 0 bridgehead atoms. The molecule has 0 atom stereocenters. The SMILES string of the molecule is CNCCc1c[nH]c2ccc(CS(=O)(=O)NC)cc12.O=C(O)/C=C\C(=O)O. The number of hydrogen-bond donors (Lipinski definition) is 5. The lowest BCUT2D eigenvalue weighted by Gasteiger charge is -2.04. The van der Waals surface area contributed by atoms with Crippen molar-refractivity contribution in [3.8, 4) is 0 Å². The summed E-state index contributed by atoms with van der Waals surface area (Å²) in [5.41, 5.74) is 3.04. The smallest absolute Gasteiger partial charge is 0.328 e. The number of sulfonamides is 1. The molecule has 9 nitrogen and oxygen atoms in total. The van der Waals surface area contributed by atoms with Crippen molar-refractivity contribution in [3.05, 3.63) is 47.7 Å². The number of aromatic nitrogens is 1. The van der Waals surface area contributed by atoms with Crippen molar-refractivity contribution in [3.63, 3.8) is 0 Å². The third-order valence-electron chi connectivity index (χ3n) is 3.51. The molecule has 5 N–H and O–H groups in total. The molecule has 27 heavy (non-hydrogen) atoms. The Kier molecular flexibility index (Phi) is 8.66. The van der Waals surface area contributed by atoms with Gasteiger partial charge in [0.2, 0.25) is 10.0 Å². The molecule has 0 unspecified atom stereocenters. The van der Waals surface area contributed by atoms with Gasteiger partial charge in [0.05, 0.1) is 5.75 Å². The van der Waals surface area contributed by atoms with E-state index in [-0.39, 0.29) is 5.75 Å². The van der Waals surface area contributed by atoms with Gasteiger partial charge in [-0.1, -0.05) is 6.07 Å². The van der Waals surface area contributed by atoms with Gasteiger partial charge in [-0.2, -0.15) is 0 Å². The molecule has 0 saturated heterocycles. The van der Waals surface area contributed by atoms with Gasteiger partial charge in [-0.05, 0) is 50.3 Å². The fourth-order valence-corrected chi connectivity index (χ4v) is 2.98. The minimum atomic E-state index is -3.23. The van der Waals surface area contributed by atoms with E-state index < -0.39 is 22.0 Å². The second-order valence-electron chi connectivity index (χ2n) is 5.52. The van der Waals surface area contributed by atoms with E-state index >= 15 is 0 Å². The molecule has 2 aromatic rings. The predicted molar refractivity (Wildman–Crippen MR) is 102 cm³/mol. The fraction of sp³-hybridized carbons (Fsp3) is 0.294. The molecule has 0 saturated carbocycles. The maximum Gasteiger partial charge on any atom is 0.328 e. The van der Waals surface area contributed by atoms with Gasteiger partial charge in [-0.15, -0.1) is 0 Å². The Bertz CT molecular complexity index is 902. The summed E-state index contributed by atoms with van der Waals surface area (Å²) in [6, 6.07) is 5.72. The van der Waals surface area contributed by atoms with E-state index in [4.69, 9.17) is 10.2 Å². The standard InChI is InChI=1S/C13H19N3O2S.C4H4O4/c1-14-6-5-11-8-16-13-4-3-10(7-12(11)13)9-19(17,18)15-2;5-3(6)1-2-4(7)8/h3-4,7-8,14-16H,5-6,9H2,1-2H3;1-2H,(H,5,6)(H,7,8)/b;2-1-. The first-order valence-corrected chi connectivity index (χ1v) is 9.62. The minimum absolute atomic E-state index is 0.0100. The van der Waals surface area contributed by atoms with E-state index in [9.17, 15) is 18.0 Å². The number of carbonyl (C=O) groups is 2. The number of likely N-dealkylation sites (N-methyl/N-ethyl adjacent to an activating group) is 1. The van der Waals surface area contributed by atoms with Crippen LogP contribution in [0.4, 0.5) is 0 Å². The first-order chi connectivity index (χ1) is 12.7. The lowest BCUT2D eigenvalue weighted by molar-refractivity contribution is -0.134. The third-order valence-corrected chi connectivity index (χ3v) is 4.85. The molecule has 10 heteroatoms. The minimum Gasteiger partial charge on any atom is -0.478 e. The number of nitrogens with one attached hydrogen (secondary N) is 3. The number of aromatic amines is 1. The van der Waals surface area contributed by atoms with Crippen LogP contribution in [-0.4, -0.2) is 56.2 Å². The van der Waals surface area contributed by atoms with Crippen LogP contribution in [0.15, 0.2) is 36.5 Å².